The summed E-state index contributed by atoms with van der Waals surface area (Å²) in [5.41, 5.74) is 0.927. The number of carboxylic acids is 1. The van der Waals surface area contributed by atoms with Crippen LogP contribution in [-0.4, -0.2) is 17.0 Å². The van der Waals surface area contributed by atoms with Crippen molar-refractivity contribution >= 4 is 33.5 Å². The SMILES string of the molecule is Cc1cc(Br)cc(NC(=O)C(C(=O)O)C(C)(C)C)c1. The van der Waals surface area contributed by atoms with Crippen molar-refractivity contribution in [3.8, 4) is 0 Å². The summed E-state index contributed by atoms with van der Waals surface area (Å²) in [5.74, 6) is -2.71. The van der Waals surface area contributed by atoms with Gasteiger partial charge in [-0.3, -0.25) is 9.59 Å². The average Bonchev–Trinajstić information content (AvgIpc) is 2.10. The van der Waals surface area contributed by atoms with Crippen LogP contribution in [0.15, 0.2) is 22.7 Å². The van der Waals surface area contributed by atoms with E-state index >= 15 is 0 Å². The van der Waals surface area contributed by atoms with Crippen LogP contribution in [0.4, 0.5) is 5.69 Å². The minimum absolute atomic E-state index is 0.502. The number of amides is 1. The third-order valence-corrected chi connectivity index (χ3v) is 3.14. The maximum atomic E-state index is 12.1. The molecule has 0 aliphatic carbocycles. The maximum absolute atomic E-state index is 12.1. The van der Waals surface area contributed by atoms with Crippen LogP contribution in [0.2, 0.25) is 0 Å². The first-order valence-electron chi connectivity index (χ1n) is 5.92. The highest BCUT2D eigenvalue weighted by atomic mass is 79.9. The largest absolute Gasteiger partial charge is 0.481 e. The average molecular weight is 328 g/mol. The van der Waals surface area contributed by atoms with Crippen molar-refractivity contribution in [1.82, 2.24) is 0 Å². The molecule has 1 aromatic carbocycles. The van der Waals surface area contributed by atoms with Gasteiger partial charge in [0.15, 0.2) is 0 Å². The molecule has 4 nitrogen and oxygen atoms in total. The van der Waals surface area contributed by atoms with Crippen molar-refractivity contribution in [2.45, 2.75) is 27.7 Å². The first kappa shape index (κ1) is 15.7. The lowest BCUT2D eigenvalue weighted by Crippen LogP contribution is -2.39. The van der Waals surface area contributed by atoms with Crippen molar-refractivity contribution in [2.24, 2.45) is 11.3 Å². The van der Waals surface area contributed by atoms with E-state index in [1.807, 2.05) is 13.0 Å². The maximum Gasteiger partial charge on any atom is 0.316 e. The fourth-order valence-electron chi connectivity index (χ4n) is 1.90. The quantitative estimate of drug-likeness (QED) is 0.835. The number of carbonyl (C=O) groups excluding carboxylic acids is 1. The van der Waals surface area contributed by atoms with Gasteiger partial charge in [0.1, 0.15) is 5.92 Å². The number of halogens is 1. The van der Waals surface area contributed by atoms with Crippen LogP contribution in [0.25, 0.3) is 0 Å². The summed E-state index contributed by atoms with van der Waals surface area (Å²) in [6, 6.07) is 5.45. The van der Waals surface area contributed by atoms with E-state index in [2.05, 4.69) is 21.2 Å². The van der Waals surface area contributed by atoms with E-state index < -0.39 is 23.2 Å². The molecule has 1 aromatic rings. The lowest BCUT2D eigenvalue weighted by atomic mass is 9.80. The Balaban J connectivity index is 2.97. The van der Waals surface area contributed by atoms with Crippen molar-refractivity contribution < 1.29 is 14.7 Å². The molecule has 0 saturated heterocycles. The zero-order valence-corrected chi connectivity index (χ0v) is 13.0. The Labute approximate surface area is 121 Å². The van der Waals surface area contributed by atoms with Crippen LogP contribution in [0.1, 0.15) is 26.3 Å². The van der Waals surface area contributed by atoms with Gasteiger partial charge in [-0.2, -0.15) is 0 Å². The second kappa shape index (κ2) is 5.74. The highest BCUT2D eigenvalue weighted by Gasteiger charge is 2.37. The van der Waals surface area contributed by atoms with Gasteiger partial charge in [0, 0.05) is 10.2 Å². The van der Waals surface area contributed by atoms with Crippen molar-refractivity contribution in [3.63, 3.8) is 0 Å². The number of aliphatic carboxylic acids is 1. The van der Waals surface area contributed by atoms with Gasteiger partial charge in [-0.15, -0.1) is 0 Å². The Morgan fingerprint density at radius 2 is 1.84 bits per heavy atom. The standard InChI is InChI=1S/C14H18BrNO3/c1-8-5-9(15)7-10(6-8)16-12(17)11(13(18)19)14(2,3)4/h5-7,11H,1-4H3,(H,16,17)(H,18,19). The van der Waals surface area contributed by atoms with Crippen LogP contribution in [-0.2, 0) is 9.59 Å². The molecule has 0 bridgehead atoms. The summed E-state index contributed by atoms with van der Waals surface area (Å²) < 4.78 is 0.838. The molecule has 0 aliphatic heterocycles. The van der Waals surface area contributed by atoms with Crippen molar-refractivity contribution in [1.29, 1.82) is 0 Å². The highest BCUT2D eigenvalue weighted by Crippen LogP contribution is 2.28. The third kappa shape index (κ3) is 4.35. The van der Waals surface area contributed by atoms with Gasteiger partial charge in [-0.05, 0) is 36.1 Å². The van der Waals surface area contributed by atoms with E-state index in [0.717, 1.165) is 10.0 Å². The molecule has 0 aromatic heterocycles. The third-order valence-electron chi connectivity index (χ3n) is 2.68. The van der Waals surface area contributed by atoms with Crippen molar-refractivity contribution in [2.75, 3.05) is 5.32 Å². The molecule has 0 saturated carbocycles. The van der Waals surface area contributed by atoms with E-state index in [-0.39, 0.29) is 0 Å². The van der Waals surface area contributed by atoms with Gasteiger partial charge in [0.25, 0.3) is 0 Å². The summed E-state index contributed by atoms with van der Waals surface area (Å²) in [5, 5.41) is 11.9. The lowest BCUT2D eigenvalue weighted by Gasteiger charge is -2.26. The number of carboxylic acid groups (broad SMARTS) is 1. The zero-order valence-electron chi connectivity index (χ0n) is 11.5. The molecule has 2 N–H and O–H groups in total. The number of hydrogen-bond acceptors (Lipinski definition) is 2. The van der Waals surface area contributed by atoms with E-state index in [1.54, 1.807) is 32.9 Å². The van der Waals surface area contributed by atoms with Crippen LogP contribution in [0, 0.1) is 18.3 Å². The Kier molecular flexibility index (Phi) is 4.74. The molecular formula is C14H18BrNO3. The Morgan fingerprint density at radius 1 is 1.26 bits per heavy atom. The first-order chi connectivity index (χ1) is 8.61. The molecule has 1 rings (SSSR count). The van der Waals surface area contributed by atoms with E-state index in [1.165, 1.54) is 0 Å². The number of anilines is 1. The monoisotopic (exact) mass is 327 g/mol. The van der Waals surface area contributed by atoms with E-state index in [9.17, 15) is 14.7 Å². The Bertz CT molecular complexity index is 486. The molecule has 1 amide bonds. The van der Waals surface area contributed by atoms with Crippen LogP contribution in [0.5, 0.6) is 0 Å². The predicted octanol–water partition coefficient (Wildman–Crippen LogP) is 3.44. The molecule has 0 radical (unpaired) electrons. The summed E-state index contributed by atoms with van der Waals surface area (Å²) in [6.07, 6.45) is 0. The molecule has 1 unspecified atom stereocenters. The van der Waals surface area contributed by atoms with E-state index in [0.29, 0.717) is 5.69 Å². The molecule has 19 heavy (non-hydrogen) atoms. The second-order valence-electron chi connectivity index (χ2n) is 5.64. The minimum Gasteiger partial charge on any atom is -0.481 e. The summed E-state index contributed by atoms with van der Waals surface area (Å²) in [4.78, 5) is 23.4. The summed E-state index contributed by atoms with van der Waals surface area (Å²) >= 11 is 3.34. The molecule has 0 fully saturated rings. The molecule has 0 heterocycles. The molecule has 5 heteroatoms. The number of nitrogens with one attached hydrogen (secondary N) is 1. The number of carbonyl (C=O) groups is 2. The minimum atomic E-state index is -1.11. The number of aryl methyl sites for hydroxylation is 1. The van der Waals surface area contributed by atoms with Gasteiger partial charge in [-0.1, -0.05) is 36.7 Å². The molecule has 0 aliphatic rings. The highest BCUT2D eigenvalue weighted by molar-refractivity contribution is 9.10. The predicted molar refractivity (Wildman–Crippen MR) is 78.1 cm³/mol. The number of hydrogen-bond donors (Lipinski definition) is 2. The van der Waals surface area contributed by atoms with Gasteiger partial charge in [-0.25, -0.2) is 0 Å². The number of benzene rings is 1. The van der Waals surface area contributed by atoms with Gasteiger partial charge < -0.3 is 10.4 Å². The van der Waals surface area contributed by atoms with Crippen LogP contribution < -0.4 is 5.32 Å². The number of rotatable bonds is 3. The van der Waals surface area contributed by atoms with Gasteiger partial charge in [0.2, 0.25) is 5.91 Å². The topological polar surface area (TPSA) is 66.4 Å². The van der Waals surface area contributed by atoms with Gasteiger partial charge in [0.05, 0.1) is 0 Å². The summed E-state index contributed by atoms with van der Waals surface area (Å²) in [6.45, 7) is 7.10. The Morgan fingerprint density at radius 3 is 2.26 bits per heavy atom. The first-order valence-corrected chi connectivity index (χ1v) is 6.71. The molecule has 1 atom stereocenters. The van der Waals surface area contributed by atoms with Crippen LogP contribution in [0.3, 0.4) is 0 Å². The normalized spacial score (nSPS) is 12.9. The summed E-state index contributed by atoms with van der Waals surface area (Å²) in [7, 11) is 0. The van der Waals surface area contributed by atoms with Crippen LogP contribution >= 0.6 is 15.9 Å². The lowest BCUT2D eigenvalue weighted by molar-refractivity contribution is -0.149. The fraction of sp³-hybridized carbons (Fsp3) is 0.429. The van der Waals surface area contributed by atoms with E-state index in [4.69, 9.17) is 0 Å². The molecule has 104 valence electrons. The second-order valence-corrected chi connectivity index (χ2v) is 6.56. The van der Waals surface area contributed by atoms with Gasteiger partial charge >= 0.3 is 5.97 Å². The molecular weight excluding hydrogens is 310 g/mol. The molecule has 0 spiro atoms. The Hall–Kier alpha value is -1.36. The zero-order chi connectivity index (χ0) is 14.8. The smallest absolute Gasteiger partial charge is 0.316 e. The fourth-order valence-corrected chi connectivity index (χ4v) is 2.51. The van der Waals surface area contributed by atoms with Crippen molar-refractivity contribution in [3.05, 3.63) is 28.2 Å².